The molecule has 0 aliphatic carbocycles. The second-order valence-corrected chi connectivity index (χ2v) is 4.58. The van der Waals surface area contributed by atoms with Crippen molar-refractivity contribution in [3.8, 4) is 17.6 Å². The van der Waals surface area contributed by atoms with E-state index in [2.05, 4.69) is 22.0 Å². The van der Waals surface area contributed by atoms with Crippen LogP contribution in [0.4, 0.5) is 0 Å². The van der Waals surface area contributed by atoms with Crippen molar-refractivity contribution < 1.29 is 9.84 Å². The molecule has 0 fully saturated rings. The van der Waals surface area contributed by atoms with Gasteiger partial charge in [0.1, 0.15) is 17.6 Å². The highest BCUT2D eigenvalue weighted by atomic mass is 79.9. The third kappa shape index (κ3) is 2.89. The van der Waals surface area contributed by atoms with Crippen molar-refractivity contribution in [3.05, 3.63) is 58.1 Å². The fourth-order valence-corrected chi connectivity index (χ4v) is 1.85. The second kappa shape index (κ2) is 5.67. The van der Waals surface area contributed by atoms with Gasteiger partial charge in [-0.05, 0) is 35.9 Å². The average Bonchev–Trinajstić information content (AvgIpc) is 2.39. The maximum absolute atomic E-state index is 9.06. The summed E-state index contributed by atoms with van der Waals surface area (Å²) in [4.78, 5) is 0. The monoisotopic (exact) mass is 303 g/mol. The van der Waals surface area contributed by atoms with Gasteiger partial charge in [-0.25, -0.2) is 0 Å². The molecule has 1 N–H and O–H groups in total. The predicted molar refractivity (Wildman–Crippen MR) is 71.3 cm³/mol. The largest absolute Gasteiger partial charge is 0.456 e. The third-order valence-corrected chi connectivity index (χ3v) is 2.87. The van der Waals surface area contributed by atoms with Crippen LogP contribution in [0.15, 0.2) is 46.9 Å². The summed E-state index contributed by atoms with van der Waals surface area (Å²) < 4.78 is 6.50. The Bertz CT molecular complexity index is 605. The first-order chi connectivity index (χ1) is 8.72. The minimum Gasteiger partial charge on any atom is -0.456 e. The fourth-order valence-electron chi connectivity index (χ4n) is 1.51. The Morgan fingerprint density at radius 1 is 1.22 bits per heavy atom. The van der Waals surface area contributed by atoms with E-state index >= 15 is 0 Å². The zero-order valence-corrected chi connectivity index (χ0v) is 11.0. The van der Waals surface area contributed by atoms with E-state index in [9.17, 15) is 0 Å². The predicted octanol–water partition coefficient (Wildman–Crippen LogP) is 3.61. The number of aliphatic hydroxyl groups excluding tert-OH is 1. The highest BCUT2D eigenvalue weighted by Gasteiger charge is 2.06. The number of rotatable bonds is 3. The number of benzene rings is 2. The number of hydrogen-bond acceptors (Lipinski definition) is 3. The molecule has 0 aromatic heterocycles. The Kier molecular flexibility index (Phi) is 3.98. The van der Waals surface area contributed by atoms with Gasteiger partial charge in [0.25, 0.3) is 0 Å². The van der Waals surface area contributed by atoms with Crippen LogP contribution in [0.2, 0.25) is 0 Å². The molecule has 0 unspecified atom stereocenters. The minimum absolute atomic E-state index is 0.0409. The van der Waals surface area contributed by atoms with Crippen LogP contribution in [-0.2, 0) is 6.61 Å². The van der Waals surface area contributed by atoms with E-state index in [1.165, 1.54) is 0 Å². The van der Waals surface area contributed by atoms with E-state index in [4.69, 9.17) is 15.1 Å². The van der Waals surface area contributed by atoms with Crippen LogP contribution < -0.4 is 4.74 Å². The summed E-state index contributed by atoms with van der Waals surface area (Å²) in [5.41, 5.74) is 1.23. The van der Waals surface area contributed by atoms with Crippen molar-refractivity contribution in [3.63, 3.8) is 0 Å². The molecule has 0 heterocycles. The minimum atomic E-state index is -0.0409. The molecule has 0 radical (unpaired) electrons. The molecule has 2 aromatic rings. The van der Waals surface area contributed by atoms with Crippen LogP contribution in [-0.4, -0.2) is 5.11 Å². The quantitative estimate of drug-likeness (QED) is 0.942. The Morgan fingerprint density at radius 3 is 2.78 bits per heavy atom. The second-order valence-electron chi connectivity index (χ2n) is 3.66. The molecule has 0 aliphatic heterocycles. The van der Waals surface area contributed by atoms with Crippen LogP contribution in [0.25, 0.3) is 0 Å². The Hall–Kier alpha value is -1.83. The molecule has 0 amide bonds. The fraction of sp³-hybridized carbons (Fsp3) is 0.0714. The molecule has 3 nitrogen and oxygen atoms in total. The van der Waals surface area contributed by atoms with Crippen molar-refractivity contribution in [2.75, 3.05) is 0 Å². The lowest BCUT2D eigenvalue weighted by atomic mass is 10.2. The lowest BCUT2D eigenvalue weighted by molar-refractivity contribution is 0.281. The number of hydrogen-bond donors (Lipinski definition) is 1. The van der Waals surface area contributed by atoms with Crippen LogP contribution in [0.5, 0.6) is 11.5 Å². The van der Waals surface area contributed by atoms with E-state index < -0.39 is 0 Å². The highest BCUT2D eigenvalue weighted by Crippen LogP contribution is 2.28. The topological polar surface area (TPSA) is 53.2 Å². The van der Waals surface area contributed by atoms with Gasteiger partial charge < -0.3 is 9.84 Å². The zero-order valence-electron chi connectivity index (χ0n) is 9.43. The molecule has 4 heteroatoms. The Morgan fingerprint density at radius 2 is 2.06 bits per heavy atom. The number of halogens is 1. The number of nitriles is 1. The molecular formula is C14H10BrNO2. The Balaban J connectivity index is 2.33. The van der Waals surface area contributed by atoms with Gasteiger partial charge in [-0.2, -0.15) is 5.26 Å². The lowest BCUT2D eigenvalue weighted by Crippen LogP contribution is -1.90. The number of ether oxygens (including phenoxy) is 1. The van der Waals surface area contributed by atoms with Crippen molar-refractivity contribution in [2.45, 2.75) is 6.61 Å². The van der Waals surface area contributed by atoms with Gasteiger partial charge in [-0.1, -0.05) is 28.1 Å². The highest BCUT2D eigenvalue weighted by molar-refractivity contribution is 9.10. The van der Waals surface area contributed by atoms with E-state index in [0.29, 0.717) is 17.1 Å². The molecule has 90 valence electrons. The Labute approximate surface area is 113 Å². The summed E-state index contributed by atoms with van der Waals surface area (Å²) in [6.45, 7) is -0.0409. The summed E-state index contributed by atoms with van der Waals surface area (Å²) >= 11 is 3.34. The standard InChI is InChI=1S/C14H10BrNO2/c15-12-5-4-11(8-16)14(7-12)18-13-3-1-2-10(6-13)9-17/h1-7,17H,9H2. The molecule has 2 aromatic carbocycles. The van der Waals surface area contributed by atoms with Crippen LogP contribution in [0.3, 0.4) is 0 Å². The molecule has 0 saturated carbocycles. The maximum atomic E-state index is 9.06. The van der Waals surface area contributed by atoms with Gasteiger partial charge >= 0.3 is 0 Å². The van der Waals surface area contributed by atoms with E-state index in [1.807, 2.05) is 0 Å². The lowest BCUT2D eigenvalue weighted by Gasteiger charge is -2.08. The summed E-state index contributed by atoms with van der Waals surface area (Å²) in [5, 5.41) is 18.1. The molecule has 0 aliphatic rings. The zero-order chi connectivity index (χ0) is 13.0. The van der Waals surface area contributed by atoms with Crippen molar-refractivity contribution >= 4 is 15.9 Å². The summed E-state index contributed by atoms with van der Waals surface area (Å²) in [5.74, 6) is 1.08. The normalized spacial score (nSPS) is 9.83. The van der Waals surface area contributed by atoms with Crippen molar-refractivity contribution in [1.82, 2.24) is 0 Å². The average molecular weight is 304 g/mol. The first kappa shape index (κ1) is 12.6. The van der Waals surface area contributed by atoms with Gasteiger partial charge in [-0.15, -0.1) is 0 Å². The maximum Gasteiger partial charge on any atom is 0.146 e. The van der Waals surface area contributed by atoms with E-state index in [1.54, 1.807) is 42.5 Å². The number of nitrogens with zero attached hydrogens (tertiary/aromatic N) is 1. The molecule has 0 bridgehead atoms. The van der Waals surface area contributed by atoms with Crippen molar-refractivity contribution in [2.24, 2.45) is 0 Å². The number of aliphatic hydroxyl groups is 1. The molecule has 0 saturated heterocycles. The molecule has 2 rings (SSSR count). The first-order valence-corrected chi connectivity index (χ1v) is 6.09. The van der Waals surface area contributed by atoms with Gasteiger partial charge in [0.15, 0.2) is 0 Å². The van der Waals surface area contributed by atoms with Gasteiger partial charge in [0, 0.05) is 4.47 Å². The molecule has 0 spiro atoms. The van der Waals surface area contributed by atoms with Crippen LogP contribution in [0.1, 0.15) is 11.1 Å². The van der Waals surface area contributed by atoms with Crippen LogP contribution in [0, 0.1) is 11.3 Å². The van der Waals surface area contributed by atoms with Gasteiger partial charge in [0.05, 0.1) is 12.2 Å². The summed E-state index contributed by atoms with van der Waals surface area (Å²) in [7, 11) is 0. The van der Waals surface area contributed by atoms with E-state index in [-0.39, 0.29) is 6.61 Å². The summed E-state index contributed by atoms with van der Waals surface area (Å²) in [6, 6.07) is 14.4. The van der Waals surface area contributed by atoms with Crippen LogP contribution >= 0.6 is 15.9 Å². The van der Waals surface area contributed by atoms with Crippen molar-refractivity contribution in [1.29, 1.82) is 5.26 Å². The SMILES string of the molecule is N#Cc1ccc(Br)cc1Oc1cccc(CO)c1. The van der Waals surface area contributed by atoms with E-state index in [0.717, 1.165) is 10.0 Å². The van der Waals surface area contributed by atoms with Gasteiger partial charge in [0.2, 0.25) is 0 Å². The molecular weight excluding hydrogens is 294 g/mol. The first-order valence-electron chi connectivity index (χ1n) is 5.30. The van der Waals surface area contributed by atoms with Gasteiger partial charge in [-0.3, -0.25) is 0 Å². The summed E-state index contributed by atoms with van der Waals surface area (Å²) in [6.07, 6.45) is 0. The third-order valence-electron chi connectivity index (χ3n) is 2.37. The smallest absolute Gasteiger partial charge is 0.146 e. The molecule has 18 heavy (non-hydrogen) atoms. The molecule has 0 atom stereocenters.